The quantitative estimate of drug-likeness (QED) is 0.479. The van der Waals surface area contributed by atoms with Gasteiger partial charge in [-0.15, -0.1) is 0 Å². The van der Waals surface area contributed by atoms with Gasteiger partial charge >= 0.3 is 0 Å². The van der Waals surface area contributed by atoms with Crippen LogP contribution in [-0.2, 0) is 14.2 Å². The molecule has 2 fully saturated rings. The highest BCUT2D eigenvalue weighted by molar-refractivity contribution is 14.1. The van der Waals surface area contributed by atoms with Gasteiger partial charge in [-0.2, -0.15) is 0 Å². The molecule has 0 amide bonds. The molecule has 2 aliphatic heterocycles. The van der Waals surface area contributed by atoms with E-state index in [1.165, 1.54) is 0 Å². The second-order valence-corrected chi connectivity index (χ2v) is 8.42. The first kappa shape index (κ1) is 19.1. The molecule has 0 saturated carbocycles. The number of halogens is 1. The second-order valence-electron chi connectivity index (χ2n) is 6.66. The summed E-state index contributed by atoms with van der Waals surface area (Å²) in [6.07, 6.45) is 3.90. The average molecular weight is 462 g/mol. The maximum absolute atomic E-state index is 6.01. The minimum Gasteiger partial charge on any atom is -0.488 e. The molecule has 0 spiro atoms. The van der Waals surface area contributed by atoms with E-state index in [-0.39, 0.29) is 18.5 Å². The Morgan fingerprint density at radius 3 is 2.92 bits per heavy atom. The van der Waals surface area contributed by atoms with Crippen LogP contribution in [0.5, 0.6) is 5.75 Å². The maximum atomic E-state index is 6.01. The van der Waals surface area contributed by atoms with Gasteiger partial charge in [-0.25, -0.2) is 4.98 Å². The second kappa shape index (κ2) is 9.34. The van der Waals surface area contributed by atoms with E-state index in [1.54, 1.807) is 6.20 Å². The van der Waals surface area contributed by atoms with E-state index in [0.29, 0.717) is 10.5 Å². The van der Waals surface area contributed by atoms with Crippen molar-refractivity contribution in [2.75, 3.05) is 37.8 Å². The van der Waals surface area contributed by atoms with Crippen LogP contribution in [0.1, 0.15) is 26.7 Å². The van der Waals surface area contributed by atoms with Crippen LogP contribution in [0, 0.1) is 0 Å². The molecule has 2 aliphatic rings. The smallest absolute Gasteiger partial charge is 0.159 e. The Hall–Kier alpha value is -0.640. The van der Waals surface area contributed by atoms with Gasteiger partial charge in [0.15, 0.2) is 6.29 Å². The number of nitrogens with zero attached hydrogens (tertiary/aromatic N) is 2. The SMILES string of the molecule is CC(COC1CC(I)CC(C)O1)Oc1ccnc(N2CCOCC2)c1. The Kier molecular flexibility index (Phi) is 7.15. The molecule has 2 saturated heterocycles. The van der Waals surface area contributed by atoms with Gasteiger partial charge in [-0.1, -0.05) is 22.6 Å². The fraction of sp³-hybridized carbons (Fsp3) is 0.722. The summed E-state index contributed by atoms with van der Waals surface area (Å²) in [7, 11) is 0. The van der Waals surface area contributed by atoms with Crippen molar-refractivity contribution < 1.29 is 18.9 Å². The molecule has 3 heterocycles. The Morgan fingerprint density at radius 2 is 2.16 bits per heavy atom. The van der Waals surface area contributed by atoms with Gasteiger partial charge < -0.3 is 23.8 Å². The van der Waals surface area contributed by atoms with Crippen molar-refractivity contribution in [1.82, 2.24) is 4.98 Å². The van der Waals surface area contributed by atoms with Gasteiger partial charge in [0.1, 0.15) is 17.7 Å². The van der Waals surface area contributed by atoms with Crippen molar-refractivity contribution in [3.8, 4) is 5.75 Å². The van der Waals surface area contributed by atoms with Crippen molar-refractivity contribution in [3.63, 3.8) is 0 Å². The molecular weight excluding hydrogens is 435 g/mol. The number of morpholine rings is 1. The van der Waals surface area contributed by atoms with Gasteiger partial charge in [-0.3, -0.25) is 0 Å². The first-order chi connectivity index (χ1) is 12.1. The molecule has 0 bridgehead atoms. The molecule has 4 unspecified atom stereocenters. The number of hydrogen-bond donors (Lipinski definition) is 0. The summed E-state index contributed by atoms with van der Waals surface area (Å²) in [5.74, 6) is 1.75. The van der Waals surface area contributed by atoms with Gasteiger partial charge in [0, 0.05) is 35.7 Å². The molecule has 0 radical (unpaired) electrons. The molecule has 0 N–H and O–H groups in total. The molecule has 6 nitrogen and oxygen atoms in total. The summed E-state index contributed by atoms with van der Waals surface area (Å²) < 4.78 is 23.8. The van der Waals surface area contributed by atoms with E-state index in [4.69, 9.17) is 18.9 Å². The maximum Gasteiger partial charge on any atom is 0.159 e. The zero-order valence-corrected chi connectivity index (χ0v) is 17.1. The van der Waals surface area contributed by atoms with Crippen LogP contribution in [0.3, 0.4) is 0 Å². The van der Waals surface area contributed by atoms with Crippen LogP contribution in [0.15, 0.2) is 18.3 Å². The van der Waals surface area contributed by atoms with E-state index < -0.39 is 0 Å². The lowest BCUT2D eigenvalue weighted by Gasteiger charge is -2.31. The molecule has 3 rings (SSSR count). The van der Waals surface area contributed by atoms with Crippen LogP contribution in [0.25, 0.3) is 0 Å². The Labute approximate surface area is 163 Å². The van der Waals surface area contributed by atoms with Crippen molar-refractivity contribution in [3.05, 3.63) is 18.3 Å². The lowest BCUT2D eigenvalue weighted by Crippen LogP contribution is -2.36. The molecular formula is C18H27IN2O4. The van der Waals surface area contributed by atoms with Crippen LogP contribution in [-0.4, -0.2) is 60.3 Å². The number of hydrogen-bond acceptors (Lipinski definition) is 6. The van der Waals surface area contributed by atoms with Crippen molar-refractivity contribution in [1.29, 1.82) is 0 Å². The van der Waals surface area contributed by atoms with E-state index >= 15 is 0 Å². The van der Waals surface area contributed by atoms with Crippen molar-refractivity contribution in [2.45, 2.75) is 49.1 Å². The summed E-state index contributed by atoms with van der Waals surface area (Å²) in [6.45, 7) is 7.85. The zero-order valence-electron chi connectivity index (χ0n) is 14.9. The number of ether oxygens (including phenoxy) is 4. The monoisotopic (exact) mass is 462 g/mol. The van der Waals surface area contributed by atoms with E-state index in [2.05, 4.69) is 39.4 Å². The van der Waals surface area contributed by atoms with Crippen LogP contribution >= 0.6 is 22.6 Å². The van der Waals surface area contributed by atoms with E-state index in [0.717, 1.165) is 50.7 Å². The first-order valence-corrected chi connectivity index (χ1v) is 10.2. The summed E-state index contributed by atoms with van der Waals surface area (Å²) in [4.78, 5) is 6.66. The summed E-state index contributed by atoms with van der Waals surface area (Å²) in [5.41, 5.74) is 0. The summed E-state index contributed by atoms with van der Waals surface area (Å²) in [5, 5.41) is 0. The molecule has 4 atom stereocenters. The summed E-state index contributed by atoms with van der Waals surface area (Å²) in [6, 6.07) is 3.88. The molecule has 140 valence electrons. The number of alkyl halides is 1. The third-order valence-corrected chi connectivity index (χ3v) is 5.34. The lowest BCUT2D eigenvalue weighted by atomic mass is 10.1. The lowest BCUT2D eigenvalue weighted by molar-refractivity contribution is -0.194. The van der Waals surface area contributed by atoms with E-state index in [9.17, 15) is 0 Å². The van der Waals surface area contributed by atoms with E-state index in [1.807, 2.05) is 19.1 Å². The molecule has 25 heavy (non-hydrogen) atoms. The summed E-state index contributed by atoms with van der Waals surface area (Å²) >= 11 is 2.48. The molecule has 1 aromatic heterocycles. The average Bonchev–Trinajstić information content (AvgIpc) is 2.60. The highest BCUT2D eigenvalue weighted by Crippen LogP contribution is 2.26. The Balaban J connectivity index is 1.48. The molecule has 0 aromatic carbocycles. The van der Waals surface area contributed by atoms with Gasteiger partial charge in [-0.05, 0) is 26.3 Å². The zero-order chi connectivity index (χ0) is 17.6. The minimum atomic E-state index is -0.127. The minimum absolute atomic E-state index is 0.0477. The highest BCUT2D eigenvalue weighted by atomic mass is 127. The molecule has 0 aliphatic carbocycles. The fourth-order valence-electron chi connectivity index (χ4n) is 3.09. The normalized spacial score (nSPS) is 28.6. The fourth-order valence-corrected chi connectivity index (χ4v) is 4.22. The van der Waals surface area contributed by atoms with Gasteiger partial charge in [0.2, 0.25) is 0 Å². The van der Waals surface area contributed by atoms with Crippen LogP contribution in [0.4, 0.5) is 5.82 Å². The topological polar surface area (TPSA) is 53.0 Å². The molecule has 1 aromatic rings. The van der Waals surface area contributed by atoms with Gasteiger partial charge in [0.25, 0.3) is 0 Å². The van der Waals surface area contributed by atoms with Crippen molar-refractivity contribution in [2.24, 2.45) is 0 Å². The van der Waals surface area contributed by atoms with Crippen molar-refractivity contribution >= 4 is 28.4 Å². The molecule has 7 heteroatoms. The number of rotatable bonds is 6. The number of anilines is 1. The Bertz CT molecular complexity index is 532. The van der Waals surface area contributed by atoms with Crippen LogP contribution in [0.2, 0.25) is 0 Å². The van der Waals surface area contributed by atoms with Crippen LogP contribution < -0.4 is 9.64 Å². The predicted octanol–water partition coefficient (Wildman–Crippen LogP) is 3.03. The number of pyridine rings is 1. The largest absolute Gasteiger partial charge is 0.488 e. The Morgan fingerprint density at radius 1 is 1.36 bits per heavy atom. The third kappa shape index (κ3) is 5.94. The third-order valence-electron chi connectivity index (χ3n) is 4.33. The van der Waals surface area contributed by atoms with Gasteiger partial charge in [0.05, 0.1) is 25.9 Å². The predicted molar refractivity (Wildman–Crippen MR) is 105 cm³/mol. The highest BCUT2D eigenvalue weighted by Gasteiger charge is 2.26. The standard InChI is InChI=1S/C18H27IN2O4/c1-13-9-15(19)10-18(25-13)23-12-14(2)24-16-3-4-20-17(11-16)21-5-7-22-8-6-21/h3-4,11,13-15,18H,5-10,12H2,1-2H3. The number of aromatic nitrogens is 1. The first-order valence-electron chi connectivity index (χ1n) is 8.96.